The molecule has 0 aliphatic carbocycles. The van der Waals surface area contributed by atoms with Crippen molar-refractivity contribution in [3.8, 4) is 0 Å². The average Bonchev–Trinajstić information content (AvgIpc) is 2.36. The van der Waals surface area contributed by atoms with E-state index in [1.54, 1.807) is 18.0 Å². The smallest absolute Gasteiger partial charge is 0.337 e. The molecule has 0 heterocycles. The highest BCUT2D eigenvalue weighted by Gasteiger charge is 2.20. The summed E-state index contributed by atoms with van der Waals surface area (Å²) in [5, 5.41) is 9.70. The normalized spacial score (nSPS) is 10.5. The highest BCUT2D eigenvalue weighted by molar-refractivity contribution is 6.34. The number of nitrogens with two attached hydrogens (primary N) is 1. The van der Waals surface area contributed by atoms with Crippen LogP contribution in [-0.2, 0) is 0 Å². The number of carboxylic acid groups (broad SMARTS) is 1. The van der Waals surface area contributed by atoms with Crippen molar-refractivity contribution >= 4 is 34.6 Å². The molecular formula is C16H17ClN2O2. The van der Waals surface area contributed by atoms with Crippen LogP contribution in [0, 0.1) is 13.8 Å². The second-order valence-corrected chi connectivity index (χ2v) is 5.46. The fraction of sp³-hybridized carbons (Fsp3) is 0.188. The van der Waals surface area contributed by atoms with Gasteiger partial charge in [0, 0.05) is 18.4 Å². The molecule has 5 heteroatoms. The van der Waals surface area contributed by atoms with Gasteiger partial charge < -0.3 is 15.7 Å². The summed E-state index contributed by atoms with van der Waals surface area (Å²) < 4.78 is 0. The van der Waals surface area contributed by atoms with Crippen LogP contribution >= 0.6 is 11.6 Å². The zero-order valence-corrected chi connectivity index (χ0v) is 12.9. The van der Waals surface area contributed by atoms with E-state index < -0.39 is 5.97 Å². The van der Waals surface area contributed by atoms with Crippen molar-refractivity contribution in [2.24, 2.45) is 0 Å². The Bertz CT molecular complexity index is 714. The lowest BCUT2D eigenvalue weighted by Crippen LogP contribution is -2.16. The lowest BCUT2D eigenvalue weighted by Gasteiger charge is -2.25. The van der Waals surface area contributed by atoms with Crippen LogP contribution in [0.2, 0.25) is 5.02 Å². The Kier molecular flexibility index (Phi) is 4.09. The Hall–Kier alpha value is -2.20. The summed E-state index contributed by atoms with van der Waals surface area (Å²) in [7, 11) is 1.79. The van der Waals surface area contributed by atoms with Gasteiger partial charge >= 0.3 is 5.97 Å². The Labute approximate surface area is 128 Å². The number of nitrogen functional groups attached to an aromatic ring is 1. The minimum atomic E-state index is -1.06. The van der Waals surface area contributed by atoms with E-state index in [0.29, 0.717) is 16.4 Å². The van der Waals surface area contributed by atoms with Crippen molar-refractivity contribution in [3.05, 3.63) is 52.0 Å². The second-order valence-electron chi connectivity index (χ2n) is 5.05. The van der Waals surface area contributed by atoms with E-state index in [2.05, 4.69) is 0 Å². The number of benzene rings is 2. The van der Waals surface area contributed by atoms with Gasteiger partial charge in [-0.25, -0.2) is 4.79 Å². The van der Waals surface area contributed by atoms with Crippen LogP contribution in [0.3, 0.4) is 0 Å². The number of nitrogens with zero attached hydrogens (tertiary/aromatic N) is 1. The number of rotatable bonds is 3. The van der Waals surface area contributed by atoms with E-state index >= 15 is 0 Å². The number of halogens is 1. The van der Waals surface area contributed by atoms with E-state index in [9.17, 15) is 9.90 Å². The predicted octanol–water partition coefficient (Wildman–Crippen LogP) is 4.01. The van der Waals surface area contributed by atoms with Crippen molar-refractivity contribution < 1.29 is 9.90 Å². The molecule has 0 amide bonds. The number of hydrogen-bond acceptors (Lipinski definition) is 3. The van der Waals surface area contributed by atoms with Crippen LogP contribution < -0.4 is 10.6 Å². The third-order valence-electron chi connectivity index (χ3n) is 3.37. The number of anilines is 3. The van der Waals surface area contributed by atoms with E-state index in [4.69, 9.17) is 17.3 Å². The molecule has 2 rings (SSSR count). The average molecular weight is 305 g/mol. The van der Waals surface area contributed by atoms with Crippen molar-refractivity contribution in [2.75, 3.05) is 17.7 Å². The van der Waals surface area contributed by atoms with Gasteiger partial charge in [0.05, 0.1) is 16.3 Å². The molecule has 3 N–H and O–H groups in total. The van der Waals surface area contributed by atoms with E-state index in [1.807, 2.05) is 32.0 Å². The summed E-state index contributed by atoms with van der Waals surface area (Å²) in [6, 6.07) is 8.94. The second kappa shape index (κ2) is 5.66. The molecule has 4 nitrogen and oxygen atoms in total. The topological polar surface area (TPSA) is 66.6 Å². The molecule has 0 aliphatic heterocycles. The van der Waals surface area contributed by atoms with Gasteiger partial charge in [-0.3, -0.25) is 0 Å². The maximum absolute atomic E-state index is 11.5. The van der Waals surface area contributed by atoms with Crippen molar-refractivity contribution in [1.29, 1.82) is 0 Å². The zero-order chi connectivity index (χ0) is 15.7. The molecule has 0 bridgehead atoms. The third kappa shape index (κ3) is 2.95. The van der Waals surface area contributed by atoms with Gasteiger partial charge in [-0.15, -0.1) is 0 Å². The van der Waals surface area contributed by atoms with Gasteiger partial charge in [-0.1, -0.05) is 29.3 Å². The molecule has 0 saturated heterocycles. The maximum Gasteiger partial charge on any atom is 0.337 e. The van der Waals surface area contributed by atoms with Crippen LogP contribution in [0.25, 0.3) is 0 Å². The summed E-state index contributed by atoms with van der Waals surface area (Å²) in [5.41, 5.74) is 9.62. The summed E-state index contributed by atoms with van der Waals surface area (Å²) in [5.74, 6) is -1.06. The molecule has 0 aromatic heterocycles. The number of carboxylic acids is 1. The fourth-order valence-corrected chi connectivity index (χ4v) is 2.78. The van der Waals surface area contributed by atoms with Gasteiger partial charge in [0.15, 0.2) is 0 Å². The molecule has 110 valence electrons. The first-order valence-electron chi connectivity index (χ1n) is 6.44. The molecule has 2 aromatic rings. The molecular weight excluding hydrogens is 288 g/mol. The van der Waals surface area contributed by atoms with Gasteiger partial charge in [0.1, 0.15) is 0 Å². The van der Waals surface area contributed by atoms with E-state index in [0.717, 1.165) is 16.8 Å². The minimum Gasteiger partial charge on any atom is -0.478 e. The Morgan fingerprint density at radius 3 is 2.48 bits per heavy atom. The van der Waals surface area contributed by atoms with Crippen molar-refractivity contribution in [2.45, 2.75) is 13.8 Å². The molecule has 0 aliphatic rings. The Morgan fingerprint density at radius 1 is 1.24 bits per heavy atom. The first kappa shape index (κ1) is 15.2. The minimum absolute atomic E-state index is 0.0856. The zero-order valence-electron chi connectivity index (χ0n) is 12.1. The molecule has 21 heavy (non-hydrogen) atoms. The predicted molar refractivity (Wildman–Crippen MR) is 86.8 cm³/mol. The summed E-state index contributed by atoms with van der Waals surface area (Å²) in [6.07, 6.45) is 0. The fourth-order valence-electron chi connectivity index (χ4n) is 2.43. The standard InChI is InChI=1S/C16H17ClN2O2/c1-9-4-5-14(10(2)6-9)19(3)15-12(16(20)21)7-11(18)8-13(15)17/h4-8H,18H2,1-3H3,(H,20,21). The first-order chi connectivity index (χ1) is 9.81. The number of hydrogen-bond donors (Lipinski definition) is 2. The SMILES string of the molecule is Cc1ccc(N(C)c2c(Cl)cc(N)cc2C(=O)O)c(C)c1. The first-order valence-corrected chi connectivity index (χ1v) is 6.82. The van der Waals surface area contributed by atoms with Gasteiger partial charge in [-0.2, -0.15) is 0 Å². The van der Waals surface area contributed by atoms with Gasteiger partial charge in [-0.05, 0) is 37.6 Å². The van der Waals surface area contributed by atoms with Gasteiger partial charge in [0.25, 0.3) is 0 Å². The molecule has 2 aromatic carbocycles. The van der Waals surface area contributed by atoms with Gasteiger partial charge in [0.2, 0.25) is 0 Å². The van der Waals surface area contributed by atoms with E-state index in [-0.39, 0.29) is 5.56 Å². The Morgan fingerprint density at radius 2 is 1.90 bits per heavy atom. The third-order valence-corrected chi connectivity index (χ3v) is 3.65. The molecule has 0 atom stereocenters. The lowest BCUT2D eigenvalue weighted by atomic mass is 10.1. The van der Waals surface area contributed by atoms with Crippen LogP contribution in [0.4, 0.5) is 17.1 Å². The summed E-state index contributed by atoms with van der Waals surface area (Å²) in [6.45, 7) is 3.99. The molecule has 0 unspecified atom stereocenters. The van der Waals surface area contributed by atoms with Crippen LogP contribution in [-0.4, -0.2) is 18.1 Å². The monoisotopic (exact) mass is 304 g/mol. The van der Waals surface area contributed by atoms with Crippen LogP contribution in [0.15, 0.2) is 30.3 Å². The van der Waals surface area contributed by atoms with Crippen LogP contribution in [0.5, 0.6) is 0 Å². The molecule has 0 radical (unpaired) electrons. The number of aromatic carboxylic acids is 1. The van der Waals surface area contributed by atoms with Crippen molar-refractivity contribution in [3.63, 3.8) is 0 Å². The quantitative estimate of drug-likeness (QED) is 0.841. The van der Waals surface area contributed by atoms with Crippen molar-refractivity contribution in [1.82, 2.24) is 0 Å². The highest BCUT2D eigenvalue weighted by Crippen LogP contribution is 2.37. The number of carbonyl (C=O) groups is 1. The molecule has 0 saturated carbocycles. The maximum atomic E-state index is 11.5. The number of aryl methyl sites for hydroxylation is 2. The Balaban J connectivity index is 2.62. The summed E-state index contributed by atoms with van der Waals surface area (Å²) >= 11 is 6.22. The lowest BCUT2D eigenvalue weighted by molar-refractivity contribution is 0.0697. The largest absolute Gasteiger partial charge is 0.478 e. The van der Waals surface area contributed by atoms with E-state index in [1.165, 1.54) is 6.07 Å². The summed E-state index contributed by atoms with van der Waals surface area (Å²) in [4.78, 5) is 13.2. The highest BCUT2D eigenvalue weighted by atomic mass is 35.5. The van der Waals surface area contributed by atoms with Crippen LogP contribution in [0.1, 0.15) is 21.5 Å². The molecule has 0 spiro atoms. The molecule has 0 fully saturated rings.